The highest BCUT2D eigenvalue weighted by molar-refractivity contribution is 7.98. The Morgan fingerprint density at radius 3 is 2.90 bits per heavy atom. The first kappa shape index (κ1) is 17.1. The lowest BCUT2D eigenvalue weighted by molar-refractivity contribution is 0.651. The zero-order chi connectivity index (χ0) is 14.8. The molecule has 0 aliphatic rings. The minimum Gasteiger partial charge on any atom is -0.382 e. The van der Waals surface area contributed by atoms with Gasteiger partial charge in [-0.25, -0.2) is 4.68 Å². The van der Waals surface area contributed by atoms with Gasteiger partial charge < -0.3 is 5.32 Å². The monoisotopic (exact) mass is 315 g/mol. The molecular formula is C14H22ClN3OS. The van der Waals surface area contributed by atoms with Gasteiger partial charge in [0.2, 0.25) is 0 Å². The van der Waals surface area contributed by atoms with Crippen molar-refractivity contribution in [1.29, 1.82) is 0 Å². The number of nitrogens with zero attached hydrogens (tertiary/aromatic N) is 2. The van der Waals surface area contributed by atoms with Gasteiger partial charge in [-0.3, -0.25) is 4.79 Å². The number of unbranched alkanes of at least 4 members (excludes halogenated alkanes) is 3. The van der Waals surface area contributed by atoms with Crippen molar-refractivity contribution >= 4 is 29.1 Å². The predicted octanol–water partition coefficient (Wildman–Crippen LogP) is 3.42. The van der Waals surface area contributed by atoms with Crippen molar-refractivity contribution in [2.45, 2.75) is 32.2 Å². The normalized spacial score (nSPS) is 10.5. The van der Waals surface area contributed by atoms with Crippen LogP contribution in [-0.2, 0) is 6.54 Å². The highest BCUT2D eigenvalue weighted by atomic mass is 35.5. The number of rotatable bonds is 10. The molecule has 1 aromatic heterocycles. The fraction of sp³-hybridized carbons (Fsp3) is 0.571. The topological polar surface area (TPSA) is 46.9 Å². The molecule has 1 rings (SSSR count). The molecule has 20 heavy (non-hydrogen) atoms. The summed E-state index contributed by atoms with van der Waals surface area (Å²) in [5.41, 5.74) is 0.331. The van der Waals surface area contributed by atoms with Crippen LogP contribution in [0.3, 0.4) is 0 Å². The molecule has 1 aromatic rings. The van der Waals surface area contributed by atoms with Gasteiger partial charge in [0.25, 0.3) is 5.56 Å². The first-order valence-electron chi connectivity index (χ1n) is 6.80. The average molecular weight is 316 g/mol. The zero-order valence-corrected chi connectivity index (χ0v) is 13.5. The minimum atomic E-state index is -0.281. The van der Waals surface area contributed by atoms with Gasteiger partial charge in [-0.2, -0.15) is 16.9 Å². The summed E-state index contributed by atoms with van der Waals surface area (Å²) in [5.74, 6) is 1.23. The quantitative estimate of drug-likeness (QED) is 0.531. The molecule has 0 fully saturated rings. The van der Waals surface area contributed by atoms with E-state index in [1.54, 1.807) is 12.3 Å². The molecular weight excluding hydrogens is 294 g/mol. The van der Waals surface area contributed by atoms with Gasteiger partial charge in [0.15, 0.2) is 0 Å². The van der Waals surface area contributed by atoms with Crippen molar-refractivity contribution in [2.24, 2.45) is 0 Å². The maximum absolute atomic E-state index is 11.9. The maximum Gasteiger partial charge on any atom is 0.287 e. The Morgan fingerprint density at radius 1 is 1.45 bits per heavy atom. The van der Waals surface area contributed by atoms with E-state index in [9.17, 15) is 4.79 Å². The summed E-state index contributed by atoms with van der Waals surface area (Å²) in [6.45, 7) is 4.76. The molecule has 0 saturated heterocycles. The van der Waals surface area contributed by atoms with Gasteiger partial charge in [0, 0.05) is 6.54 Å². The second kappa shape index (κ2) is 9.88. The average Bonchev–Trinajstić information content (AvgIpc) is 2.45. The van der Waals surface area contributed by atoms with Crippen LogP contribution in [0.4, 0.5) is 5.69 Å². The lowest BCUT2D eigenvalue weighted by atomic mass is 10.2. The highest BCUT2D eigenvalue weighted by Crippen LogP contribution is 2.15. The van der Waals surface area contributed by atoms with Crippen LogP contribution in [0.5, 0.6) is 0 Å². The minimum absolute atomic E-state index is 0.198. The zero-order valence-electron chi connectivity index (χ0n) is 11.9. The molecule has 0 radical (unpaired) electrons. The Labute approximate surface area is 129 Å². The van der Waals surface area contributed by atoms with Crippen molar-refractivity contribution in [3.8, 4) is 0 Å². The Morgan fingerprint density at radius 2 is 2.20 bits per heavy atom. The number of hydrogen-bond donors (Lipinski definition) is 1. The third-order valence-electron chi connectivity index (χ3n) is 2.88. The molecule has 0 aromatic carbocycles. The summed E-state index contributed by atoms with van der Waals surface area (Å²) >= 11 is 7.93. The van der Waals surface area contributed by atoms with Crippen LogP contribution >= 0.6 is 23.4 Å². The Bertz CT molecular complexity index is 476. The Kier molecular flexibility index (Phi) is 8.46. The summed E-state index contributed by atoms with van der Waals surface area (Å²) in [7, 11) is 0. The van der Waals surface area contributed by atoms with Gasteiger partial charge in [0.1, 0.15) is 5.02 Å². The molecule has 0 aliphatic heterocycles. The number of halogens is 1. The number of anilines is 1. The van der Waals surface area contributed by atoms with E-state index in [1.807, 2.05) is 11.8 Å². The summed E-state index contributed by atoms with van der Waals surface area (Å²) in [5, 5.41) is 7.42. The number of thioether (sulfide) groups is 1. The highest BCUT2D eigenvalue weighted by Gasteiger charge is 2.07. The number of aromatic nitrogens is 2. The van der Waals surface area contributed by atoms with Gasteiger partial charge >= 0.3 is 0 Å². The largest absolute Gasteiger partial charge is 0.382 e. The summed E-state index contributed by atoms with van der Waals surface area (Å²) in [4.78, 5) is 11.9. The van der Waals surface area contributed by atoms with E-state index >= 15 is 0 Å². The van der Waals surface area contributed by atoms with Crippen LogP contribution in [0, 0.1) is 0 Å². The second-order valence-electron chi connectivity index (χ2n) is 4.48. The van der Waals surface area contributed by atoms with E-state index in [1.165, 1.54) is 29.7 Å². The number of nitrogens with one attached hydrogen (secondary N) is 1. The van der Waals surface area contributed by atoms with Crippen LogP contribution in [-0.4, -0.2) is 28.3 Å². The molecule has 0 atom stereocenters. The van der Waals surface area contributed by atoms with Crippen LogP contribution in [0.1, 0.15) is 25.7 Å². The first-order valence-corrected chi connectivity index (χ1v) is 8.57. The molecule has 0 amide bonds. The molecule has 1 N–H and O–H groups in total. The van der Waals surface area contributed by atoms with Crippen molar-refractivity contribution < 1.29 is 0 Å². The van der Waals surface area contributed by atoms with Crippen molar-refractivity contribution in [1.82, 2.24) is 9.78 Å². The molecule has 0 saturated carbocycles. The lowest BCUT2D eigenvalue weighted by Gasteiger charge is -2.09. The molecule has 0 aliphatic carbocycles. The van der Waals surface area contributed by atoms with Gasteiger partial charge in [-0.05, 0) is 24.9 Å². The number of hydrogen-bond acceptors (Lipinski definition) is 4. The SMILES string of the molecule is C=CCn1ncc(NCCCCCCSC)c(Cl)c1=O. The van der Waals surface area contributed by atoms with Crippen LogP contribution in [0.15, 0.2) is 23.6 Å². The smallest absolute Gasteiger partial charge is 0.287 e. The van der Waals surface area contributed by atoms with E-state index < -0.39 is 0 Å². The predicted molar refractivity (Wildman–Crippen MR) is 89.0 cm³/mol. The van der Waals surface area contributed by atoms with Crippen molar-refractivity contribution in [3.05, 3.63) is 34.2 Å². The summed E-state index contributed by atoms with van der Waals surface area (Å²) in [6.07, 6.45) is 10.1. The molecule has 0 unspecified atom stereocenters. The Hall–Kier alpha value is -0.940. The fourth-order valence-corrected chi connectivity index (χ4v) is 2.49. The lowest BCUT2D eigenvalue weighted by Crippen LogP contribution is -2.23. The van der Waals surface area contributed by atoms with Crippen LogP contribution in [0.2, 0.25) is 5.02 Å². The van der Waals surface area contributed by atoms with Gasteiger partial charge in [-0.15, -0.1) is 6.58 Å². The molecule has 0 spiro atoms. The second-order valence-corrected chi connectivity index (χ2v) is 5.85. The first-order chi connectivity index (χ1) is 9.70. The molecule has 1 heterocycles. The van der Waals surface area contributed by atoms with E-state index in [0.29, 0.717) is 12.2 Å². The molecule has 0 bridgehead atoms. The summed E-state index contributed by atoms with van der Waals surface area (Å²) in [6, 6.07) is 0. The fourth-order valence-electron chi connectivity index (χ4n) is 1.79. The van der Waals surface area contributed by atoms with Crippen molar-refractivity contribution in [3.63, 3.8) is 0 Å². The van der Waals surface area contributed by atoms with E-state index in [2.05, 4.69) is 23.3 Å². The van der Waals surface area contributed by atoms with E-state index in [-0.39, 0.29) is 10.6 Å². The molecule has 112 valence electrons. The Balaban J connectivity index is 2.39. The van der Waals surface area contributed by atoms with Crippen LogP contribution < -0.4 is 10.9 Å². The third-order valence-corrected chi connectivity index (χ3v) is 3.94. The van der Waals surface area contributed by atoms with E-state index in [0.717, 1.165) is 13.0 Å². The number of allylic oxidation sites excluding steroid dienone is 1. The molecule has 4 nitrogen and oxygen atoms in total. The van der Waals surface area contributed by atoms with Gasteiger partial charge in [-0.1, -0.05) is 30.5 Å². The van der Waals surface area contributed by atoms with Gasteiger partial charge in [0.05, 0.1) is 18.4 Å². The maximum atomic E-state index is 11.9. The molecule has 6 heteroatoms. The van der Waals surface area contributed by atoms with E-state index in [4.69, 9.17) is 11.6 Å². The standard InChI is InChI=1S/C14H22ClN3OS/c1-3-9-18-14(19)13(15)12(11-17-18)16-8-6-4-5-7-10-20-2/h3,11,16H,1,4-10H2,2H3. The van der Waals surface area contributed by atoms with Crippen LogP contribution in [0.25, 0.3) is 0 Å². The third kappa shape index (κ3) is 5.59. The van der Waals surface area contributed by atoms with Crippen molar-refractivity contribution in [2.75, 3.05) is 23.9 Å². The summed E-state index contributed by atoms with van der Waals surface area (Å²) < 4.78 is 1.29.